The molecule has 0 aliphatic heterocycles. The smallest absolute Gasteiger partial charge is 0.255 e. The van der Waals surface area contributed by atoms with Crippen LogP contribution < -0.4 is 20.5 Å². The average Bonchev–Trinajstić information content (AvgIpc) is 2.66. The van der Waals surface area contributed by atoms with E-state index in [9.17, 15) is 13.2 Å². The molecule has 0 fully saturated rings. The van der Waals surface area contributed by atoms with Gasteiger partial charge in [-0.25, -0.2) is 12.7 Å². The molecule has 2 aromatic rings. The number of sulfonamides is 1. The van der Waals surface area contributed by atoms with Gasteiger partial charge in [0.05, 0.1) is 7.11 Å². The summed E-state index contributed by atoms with van der Waals surface area (Å²) >= 11 is 0. The summed E-state index contributed by atoms with van der Waals surface area (Å²) in [5, 5.41) is 2.72. The lowest BCUT2D eigenvalue weighted by atomic mass is 10.2. The molecule has 0 heterocycles. The van der Waals surface area contributed by atoms with Crippen LogP contribution in [0.5, 0.6) is 11.5 Å². The van der Waals surface area contributed by atoms with Gasteiger partial charge < -0.3 is 20.5 Å². The van der Waals surface area contributed by atoms with Crippen LogP contribution in [0.15, 0.2) is 47.4 Å². The molecule has 0 unspecified atom stereocenters. The molecule has 0 aromatic heterocycles. The summed E-state index contributed by atoms with van der Waals surface area (Å²) in [6, 6.07) is 11.0. The molecule has 0 saturated heterocycles. The van der Waals surface area contributed by atoms with Crippen molar-refractivity contribution in [2.24, 2.45) is 5.73 Å². The van der Waals surface area contributed by atoms with Crippen LogP contribution in [0.4, 0.5) is 5.69 Å². The SMILES string of the molecule is COc1ccc(C(=O)Nc2ccc(OCCN)cc2)cc1S(=O)(=O)N(C)C. The Morgan fingerprint density at radius 2 is 1.81 bits per heavy atom. The highest BCUT2D eigenvalue weighted by molar-refractivity contribution is 7.89. The molecule has 0 aliphatic rings. The first-order chi connectivity index (χ1) is 12.8. The molecule has 0 radical (unpaired) electrons. The average molecular weight is 393 g/mol. The molecule has 1 amide bonds. The Hall–Kier alpha value is -2.62. The van der Waals surface area contributed by atoms with Crippen LogP contribution in [0.1, 0.15) is 10.4 Å². The lowest BCUT2D eigenvalue weighted by molar-refractivity contribution is 0.102. The summed E-state index contributed by atoms with van der Waals surface area (Å²) in [6.07, 6.45) is 0. The van der Waals surface area contributed by atoms with Crippen LogP contribution >= 0.6 is 0 Å². The largest absolute Gasteiger partial charge is 0.495 e. The second-order valence-electron chi connectivity index (χ2n) is 5.77. The van der Waals surface area contributed by atoms with Crippen LogP contribution in [0.2, 0.25) is 0 Å². The first kappa shape index (κ1) is 20.7. The van der Waals surface area contributed by atoms with Crippen molar-refractivity contribution in [1.29, 1.82) is 0 Å². The lowest BCUT2D eigenvalue weighted by Crippen LogP contribution is -2.23. The standard InChI is InChI=1S/C18H23N3O5S/c1-21(2)27(23,24)17-12-13(4-9-16(17)25-3)18(22)20-14-5-7-15(8-6-14)26-11-10-19/h4-9,12H,10-11,19H2,1-3H3,(H,20,22). The normalized spacial score (nSPS) is 11.3. The zero-order valence-corrected chi connectivity index (χ0v) is 16.2. The summed E-state index contributed by atoms with van der Waals surface area (Å²) < 4.78 is 36.5. The number of amides is 1. The molecule has 0 saturated carbocycles. The third-order valence-corrected chi connectivity index (χ3v) is 5.52. The predicted octanol–water partition coefficient (Wildman–Crippen LogP) is 1.54. The summed E-state index contributed by atoms with van der Waals surface area (Å²) in [5.41, 5.74) is 6.13. The van der Waals surface area contributed by atoms with Crippen LogP contribution in [-0.4, -0.2) is 53.0 Å². The zero-order chi connectivity index (χ0) is 20.0. The van der Waals surface area contributed by atoms with Gasteiger partial charge in [0, 0.05) is 31.9 Å². The van der Waals surface area contributed by atoms with E-state index in [0.29, 0.717) is 24.6 Å². The zero-order valence-electron chi connectivity index (χ0n) is 15.4. The molecule has 9 heteroatoms. The minimum absolute atomic E-state index is 0.0758. The van der Waals surface area contributed by atoms with Gasteiger partial charge in [-0.2, -0.15) is 0 Å². The lowest BCUT2D eigenvalue weighted by Gasteiger charge is -2.15. The van der Waals surface area contributed by atoms with Gasteiger partial charge in [-0.15, -0.1) is 0 Å². The number of hydrogen-bond donors (Lipinski definition) is 2. The highest BCUT2D eigenvalue weighted by Gasteiger charge is 2.24. The molecule has 146 valence electrons. The van der Waals surface area contributed by atoms with Crippen LogP contribution in [0.25, 0.3) is 0 Å². The number of nitrogens with one attached hydrogen (secondary N) is 1. The first-order valence-electron chi connectivity index (χ1n) is 8.14. The van der Waals surface area contributed by atoms with Crippen LogP contribution in [0.3, 0.4) is 0 Å². The van der Waals surface area contributed by atoms with Gasteiger partial charge in [-0.05, 0) is 42.5 Å². The summed E-state index contributed by atoms with van der Waals surface area (Å²) in [4.78, 5) is 12.4. The second-order valence-corrected chi connectivity index (χ2v) is 7.89. The molecule has 2 rings (SSSR count). The van der Waals surface area contributed by atoms with Crippen molar-refractivity contribution in [3.63, 3.8) is 0 Å². The molecule has 0 aliphatic carbocycles. The van der Waals surface area contributed by atoms with Gasteiger partial charge in [0.25, 0.3) is 5.91 Å². The van der Waals surface area contributed by atoms with E-state index in [0.717, 1.165) is 4.31 Å². The van der Waals surface area contributed by atoms with Crippen molar-refractivity contribution in [2.45, 2.75) is 4.90 Å². The number of carbonyl (C=O) groups is 1. The maximum absolute atomic E-state index is 12.5. The number of nitrogens with two attached hydrogens (primary N) is 1. The molecule has 0 atom stereocenters. The topological polar surface area (TPSA) is 111 Å². The van der Waals surface area contributed by atoms with Gasteiger partial charge >= 0.3 is 0 Å². The summed E-state index contributed by atoms with van der Waals surface area (Å²) in [7, 11) is 0.437. The molecular formula is C18H23N3O5S. The molecule has 2 aromatic carbocycles. The molecule has 0 spiro atoms. The van der Waals surface area contributed by atoms with Crippen molar-refractivity contribution in [3.05, 3.63) is 48.0 Å². The number of hydrogen-bond acceptors (Lipinski definition) is 6. The van der Waals surface area contributed by atoms with E-state index in [-0.39, 0.29) is 16.2 Å². The maximum Gasteiger partial charge on any atom is 0.255 e. The minimum Gasteiger partial charge on any atom is -0.495 e. The highest BCUT2D eigenvalue weighted by atomic mass is 32.2. The highest BCUT2D eigenvalue weighted by Crippen LogP contribution is 2.27. The van der Waals surface area contributed by atoms with Gasteiger partial charge in [0.15, 0.2) is 0 Å². The van der Waals surface area contributed by atoms with Crippen molar-refractivity contribution >= 4 is 21.6 Å². The Morgan fingerprint density at radius 3 is 2.37 bits per heavy atom. The maximum atomic E-state index is 12.5. The fourth-order valence-corrected chi connectivity index (χ4v) is 3.31. The van der Waals surface area contributed by atoms with Gasteiger partial charge in [0.1, 0.15) is 23.0 Å². The quantitative estimate of drug-likeness (QED) is 0.704. The van der Waals surface area contributed by atoms with Crippen molar-refractivity contribution < 1.29 is 22.7 Å². The van der Waals surface area contributed by atoms with E-state index in [1.807, 2.05) is 0 Å². The predicted molar refractivity (Wildman–Crippen MR) is 103 cm³/mol. The van der Waals surface area contributed by atoms with E-state index in [1.165, 1.54) is 39.4 Å². The Kier molecular flexibility index (Phi) is 6.78. The number of rotatable bonds is 8. The van der Waals surface area contributed by atoms with Gasteiger partial charge in [-0.1, -0.05) is 0 Å². The second kappa shape index (κ2) is 8.85. The van der Waals surface area contributed by atoms with E-state index < -0.39 is 15.9 Å². The van der Waals surface area contributed by atoms with E-state index in [2.05, 4.69) is 5.32 Å². The minimum atomic E-state index is -3.76. The third kappa shape index (κ3) is 4.97. The molecule has 3 N–H and O–H groups in total. The van der Waals surface area contributed by atoms with E-state index in [1.54, 1.807) is 24.3 Å². The molecule has 27 heavy (non-hydrogen) atoms. The number of anilines is 1. The van der Waals surface area contributed by atoms with E-state index in [4.69, 9.17) is 15.2 Å². The number of nitrogens with zero attached hydrogens (tertiary/aromatic N) is 1. The molecular weight excluding hydrogens is 370 g/mol. The monoisotopic (exact) mass is 393 g/mol. The Bertz CT molecular complexity index is 896. The van der Waals surface area contributed by atoms with Crippen molar-refractivity contribution in [2.75, 3.05) is 39.7 Å². The number of methoxy groups -OCH3 is 1. The van der Waals surface area contributed by atoms with E-state index >= 15 is 0 Å². The van der Waals surface area contributed by atoms with Gasteiger partial charge in [0.2, 0.25) is 10.0 Å². The third-order valence-electron chi connectivity index (χ3n) is 3.68. The van der Waals surface area contributed by atoms with Crippen LogP contribution in [0, 0.1) is 0 Å². The van der Waals surface area contributed by atoms with Crippen LogP contribution in [-0.2, 0) is 10.0 Å². The first-order valence-corrected chi connectivity index (χ1v) is 9.58. The number of ether oxygens (including phenoxy) is 2. The Balaban J connectivity index is 2.24. The summed E-state index contributed by atoms with van der Waals surface area (Å²) in [6.45, 7) is 0.814. The molecule has 0 bridgehead atoms. The fourth-order valence-electron chi connectivity index (χ4n) is 2.23. The van der Waals surface area contributed by atoms with Crippen molar-refractivity contribution in [1.82, 2.24) is 4.31 Å². The number of carbonyl (C=O) groups excluding carboxylic acids is 1. The number of benzene rings is 2. The van der Waals surface area contributed by atoms with Crippen molar-refractivity contribution in [3.8, 4) is 11.5 Å². The molecule has 8 nitrogen and oxygen atoms in total. The van der Waals surface area contributed by atoms with Gasteiger partial charge in [-0.3, -0.25) is 4.79 Å². The Morgan fingerprint density at radius 1 is 1.15 bits per heavy atom. The fraction of sp³-hybridized carbons (Fsp3) is 0.278. The summed E-state index contributed by atoms with van der Waals surface area (Å²) in [5.74, 6) is 0.368. The Labute approximate surface area is 158 Å².